The number of halogens is 1. The first-order valence-electron chi connectivity index (χ1n) is 7.54. The molecule has 0 atom stereocenters. The van der Waals surface area contributed by atoms with Gasteiger partial charge in [-0.05, 0) is 75.5 Å². The average Bonchev–Trinajstić information content (AvgIpc) is 2.40. The van der Waals surface area contributed by atoms with Crippen LogP contribution >= 0.6 is 12.4 Å². The number of carboxylic acids is 1. The Bertz CT molecular complexity index is 287. The fourth-order valence-corrected chi connectivity index (χ4v) is 3.97. The maximum absolute atomic E-state index is 10.9. The van der Waals surface area contributed by atoms with Gasteiger partial charge in [-0.1, -0.05) is 6.08 Å². The highest BCUT2D eigenvalue weighted by Crippen LogP contribution is 2.41. The summed E-state index contributed by atoms with van der Waals surface area (Å²) in [5, 5.41) is 9.02. The Kier molecular flexibility index (Phi) is 6.92. The second-order valence-corrected chi connectivity index (χ2v) is 6.26. The third-order valence-electron chi connectivity index (χ3n) is 5.18. The number of hydrogen-bond acceptors (Lipinski definition) is 1. The number of aliphatic carboxylic acids is 1. The lowest BCUT2D eigenvalue weighted by molar-refractivity contribution is -0.143. The van der Waals surface area contributed by atoms with Gasteiger partial charge >= 0.3 is 5.97 Å². The molecular formula is C16H27ClO2. The molecule has 2 saturated carbocycles. The van der Waals surface area contributed by atoms with Crippen molar-refractivity contribution in [2.75, 3.05) is 0 Å². The van der Waals surface area contributed by atoms with Crippen LogP contribution in [0.15, 0.2) is 12.7 Å². The predicted octanol–water partition coefficient (Wildman–Crippen LogP) is 4.68. The van der Waals surface area contributed by atoms with Gasteiger partial charge in [0.15, 0.2) is 0 Å². The van der Waals surface area contributed by atoms with Gasteiger partial charge < -0.3 is 5.11 Å². The molecule has 0 aromatic rings. The third-order valence-corrected chi connectivity index (χ3v) is 5.18. The molecule has 0 aliphatic heterocycles. The van der Waals surface area contributed by atoms with E-state index < -0.39 is 5.97 Å². The number of rotatable bonds is 4. The zero-order valence-corrected chi connectivity index (χ0v) is 12.5. The lowest BCUT2D eigenvalue weighted by atomic mass is 9.69. The first-order valence-corrected chi connectivity index (χ1v) is 7.54. The van der Waals surface area contributed by atoms with Crippen molar-refractivity contribution in [3.8, 4) is 0 Å². The Morgan fingerprint density at radius 2 is 1.47 bits per heavy atom. The smallest absolute Gasteiger partial charge is 0.306 e. The summed E-state index contributed by atoms with van der Waals surface area (Å²) in [5.74, 6) is 1.92. The first-order chi connectivity index (χ1) is 8.70. The molecule has 2 rings (SSSR count). The van der Waals surface area contributed by atoms with Gasteiger partial charge in [-0.3, -0.25) is 4.79 Å². The van der Waals surface area contributed by atoms with Crippen LogP contribution in [0.5, 0.6) is 0 Å². The lowest BCUT2D eigenvalue weighted by Gasteiger charge is -2.37. The van der Waals surface area contributed by atoms with Crippen LogP contribution in [0.3, 0.4) is 0 Å². The van der Waals surface area contributed by atoms with Gasteiger partial charge in [-0.25, -0.2) is 0 Å². The van der Waals surface area contributed by atoms with E-state index in [2.05, 4.69) is 12.7 Å². The highest BCUT2D eigenvalue weighted by molar-refractivity contribution is 5.85. The van der Waals surface area contributed by atoms with Gasteiger partial charge in [-0.15, -0.1) is 19.0 Å². The molecule has 0 spiro atoms. The molecule has 0 bridgehead atoms. The standard InChI is InChI=1S/C16H26O2.ClH/c1-2-3-12-4-6-13(7-5-12)14-8-10-15(11-9-14)16(17)18;/h2,12-15H,1,3-11H2,(H,17,18);1H. The summed E-state index contributed by atoms with van der Waals surface area (Å²) in [4.78, 5) is 10.9. The quantitative estimate of drug-likeness (QED) is 0.762. The van der Waals surface area contributed by atoms with E-state index in [0.29, 0.717) is 0 Å². The minimum atomic E-state index is -0.580. The second-order valence-electron chi connectivity index (χ2n) is 6.26. The van der Waals surface area contributed by atoms with Crippen LogP contribution in [0.2, 0.25) is 0 Å². The van der Waals surface area contributed by atoms with Crippen molar-refractivity contribution >= 4 is 18.4 Å². The monoisotopic (exact) mass is 286 g/mol. The molecule has 0 saturated heterocycles. The minimum Gasteiger partial charge on any atom is -0.481 e. The van der Waals surface area contributed by atoms with Crippen molar-refractivity contribution in [1.82, 2.24) is 0 Å². The molecule has 3 heteroatoms. The van der Waals surface area contributed by atoms with E-state index >= 15 is 0 Å². The molecule has 1 N–H and O–H groups in total. The van der Waals surface area contributed by atoms with Crippen LogP contribution in [-0.2, 0) is 4.79 Å². The number of carboxylic acid groups (broad SMARTS) is 1. The Balaban J connectivity index is 0.00000180. The van der Waals surface area contributed by atoms with Crippen LogP contribution in [0.25, 0.3) is 0 Å². The SMILES string of the molecule is C=CCC1CCC(C2CCC(C(=O)O)CC2)CC1.Cl. The summed E-state index contributed by atoms with van der Waals surface area (Å²) in [6, 6.07) is 0. The van der Waals surface area contributed by atoms with E-state index in [4.69, 9.17) is 5.11 Å². The van der Waals surface area contributed by atoms with E-state index in [9.17, 15) is 4.79 Å². The van der Waals surface area contributed by atoms with Crippen LogP contribution in [0, 0.1) is 23.7 Å². The fourth-order valence-electron chi connectivity index (χ4n) is 3.97. The van der Waals surface area contributed by atoms with E-state index in [1.807, 2.05) is 0 Å². The summed E-state index contributed by atoms with van der Waals surface area (Å²) in [6.07, 6.45) is 12.8. The zero-order chi connectivity index (χ0) is 13.0. The van der Waals surface area contributed by atoms with Crippen molar-refractivity contribution in [2.24, 2.45) is 23.7 Å². The van der Waals surface area contributed by atoms with Gasteiger partial charge in [0, 0.05) is 0 Å². The summed E-state index contributed by atoms with van der Waals surface area (Å²) >= 11 is 0. The van der Waals surface area contributed by atoms with Crippen molar-refractivity contribution in [3.63, 3.8) is 0 Å². The molecule has 0 unspecified atom stereocenters. The normalized spacial score (nSPS) is 35.2. The molecule has 2 aliphatic carbocycles. The van der Waals surface area contributed by atoms with Crippen molar-refractivity contribution in [3.05, 3.63) is 12.7 Å². The van der Waals surface area contributed by atoms with Crippen LogP contribution in [0.4, 0.5) is 0 Å². The number of hydrogen-bond donors (Lipinski definition) is 1. The topological polar surface area (TPSA) is 37.3 Å². The van der Waals surface area contributed by atoms with E-state index in [0.717, 1.165) is 43.4 Å². The molecule has 0 aromatic heterocycles. The van der Waals surface area contributed by atoms with Gasteiger partial charge in [0.25, 0.3) is 0 Å². The maximum atomic E-state index is 10.9. The Morgan fingerprint density at radius 1 is 1.00 bits per heavy atom. The van der Waals surface area contributed by atoms with Crippen molar-refractivity contribution < 1.29 is 9.90 Å². The first kappa shape index (κ1) is 16.6. The van der Waals surface area contributed by atoms with E-state index in [1.165, 1.54) is 32.1 Å². The molecule has 0 heterocycles. The summed E-state index contributed by atoms with van der Waals surface area (Å²) in [6.45, 7) is 3.83. The highest BCUT2D eigenvalue weighted by Gasteiger charge is 2.32. The molecule has 2 nitrogen and oxygen atoms in total. The molecule has 110 valence electrons. The largest absolute Gasteiger partial charge is 0.481 e. The maximum Gasteiger partial charge on any atom is 0.306 e. The fraction of sp³-hybridized carbons (Fsp3) is 0.812. The third kappa shape index (κ3) is 4.52. The van der Waals surface area contributed by atoms with Crippen molar-refractivity contribution in [2.45, 2.75) is 57.8 Å². The number of carbonyl (C=O) groups is 1. The molecule has 0 amide bonds. The summed E-state index contributed by atoms with van der Waals surface area (Å²) in [5.41, 5.74) is 0. The summed E-state index contributed by atoms with van der Waals surface area (Å²) < 4.78 is 0. The molecule has 0 radical (unpaired) electrons. The lowest BCUT2D eigenvalue weighted by Crippen LogP contribution is -2.28. The Hall–Kier alpha value is -0.500. The molecule has 0 aromatic carbocycles. The summed E-state index contributed by atoms with van der Waals surface area (Å²) in [7, 11) is 0. The van der Waals surface area contributed by atoms with Crippen LogP contribution in [-0.4, -0.2) is 11.1 Å². The van der Waals surface area contributed by atoms with E-state index in [-0.39, 0.29) is 18.3 Å². The zero-order valence-electron chi connectivity index (χ0n) is 11.7. The van der Waals surface area contributed by atoms with Crippen LogP contribution in [0.1, 0.15) is 57.8 Å². The Labute approximate surface area is 123 Å². The van der Waals surface area contributed by atoms with Crippen LogP contribution < -0.4 is 0 Å². The highest BCUT2D eigenvalue weighted by atomic mass is 35.5. The van der Waals surface area contributed by atoms with Crippen molar-refractivity contribution in [1.29, 1.82) is 0 Å². The molecule has 2 fully saturated rings. The minimum absolute atomic E-state index is 0. The molecule has 19 heavy (non-hydrogen) atoms. The van der Waals surface area contributed by atoms with Gasteiger partial charge in [0.2, 0.25) is 0 Å². The second kappa shape index (κ2) is 7.94. The van der Waals surface area contributed by atoms with E-state index in [1.54, 1.807) is 0 Å². The van der Waals surface area contributed by atoms with Gasteiger partial charge in [-0.2, -0.15) is 0 Å². The Morgan fingerprint density at radius 3 is 1.89 bits per heavy atom. The van der Waals surface area contributed by atoms with Gasteiger partial charge in [0.1, 0.15) is 0 Å². The molecule has 2 aliphatic rings. The predicted molar refractivity (Wildman–Crippen MR) is 80.6 cm³/mol. The number of allylic oxidation sites excluding steroid dienone is 1. The van der Waals surface area contributed by atoms with Gasteiger partial charge in [0.05, 0.1) is 5.92 Å². The average molecular weight is 287 g/mol. The molecular weight excluding hydrogens is 260 g/mol.